The number of nitrogens with zero attached hydrogens (tertiary/aromatic N) is 1. The molecule has 460 valence electrons. The van der Waals surface area contributed by atoms with Crippen molar-refractivity contribution in [3.8, 4) is 0 Å². The summed E-state index contributed by atoms with van der Waals surface area (Å²) in [7, 11) is 0. The van der Waals surface area contributed by atoms with E-state index in [1.807, 2.05) is 0 Å². The topological polar surface area (TPSA) is 23.8 Å². The lowest BCUT2D eigenvalue weighted by Gasteiger charge is -2.21. The molecule has 33 heteroatoms. The normalized spacial score (nSPS) is 10.9. The van der Waals surface area contributed by atoms with E-state index < -0.39 is 221 Å². The van der Waals surface area contributed by atoms with Crippen LogP contribution in [0.2, 0.25) is 0 Å². The van der Waals surface area contributed by atoms with Gasteiger partial charge in [0.25, 0.3) is 13.4 Å². The molecule has 0 N–H and O–H groups in total. The molecule has 0 heterocycles. The van der Waals surface area contributed by atoms with E-state index in [1.165, 1.54) is 22.6 Å². The first-order valence-electron chi connectivity index (χ1n) is 23.1. The van der Waals surface area contributed by atoms with Crippen LogP contribution in [-0.4, -0.2) is 13.4 Å². The molecule has 0 radical (unpaired) electrons. The van der Waals surface area contributed by atoms with Crippen molar-refractivity contribution in [3.63, 3.8) is 0 Å². The second kappa shape index (κ2) is 27.2. The summed E-state index contributed by atoms with van der Waals surface area (Å²) in [4.78, 5) is 0. The average Bonchev–Trinajstić information content (AvgIpc) is 0.786. The maximum atomic E-state index is 14.4. The smallest absolute Gasteiger partial charge is 0.265 e. The molecule has 0 saturated heterocycles. The third kappa shape index (κ3) is 12.1. The Morgan fingerprint density at radius 3 is 0.393 bits per heavy atom. The fourth-order valence-corrected chi connectivity index (χ4v) is 8.43. The highest BCUT2D eigenvalue weighted by atomic mass is 19.2. The van der Waals surface area contributed by atoms with Crippen LogP contribution in [0.3, 0.4) is 0 Å². The van der Waals surface area contributed by atoms with Crippen LogP contribution in [0.4, 0.5) is 132 Å². The van der Waals surface area contributed by atoms with Crippen molar-refractivity contribution in [1.82, 2.24) is 0 Å². The Kier molecular flexibility index (Phi) is 20.9. The lowest BCUT2D eigenvalue weighted by Crippen LogP contribution is -2.60. The summed E-state index contributed by atoms with van der Waals surface area (Å²) in [6.07, 6.45) is 0. The minimum Gasteiger partial charge on any atom is -0.512 e. The third-order valence-corrected chi connectivity index (χ3v) is 12.4. The van der Waals surface area contributed by atoms with Gasteiger partial charge in [0, 0.05) is 32.8 Å². The predicted molar refractivity (Wildman–Crippen MR) is 252 cm³/mol. The van der Waals surface area contributed by atoms with Crippen LogP contribution in [0, 0.1) is 192 Å². The third-order valence-electron chi connectivity index (χ3n) is 12.4. The van der Waals surface area contributed by atoms with E-state index in [9.17, 15) is 132 Å². The first-order chi connectivity index (χ1) is 41.8. The average molecular weight is 1290 g/mol. The molecule has 0 fully saturated rings. The summed E-state index contributed by atoms with van der Waals surface area (Å²) in [6, 6.07) is 31.6. The zero-order valence-electron chi connectivity index (χ0n) is 42.1. The highest BCUT2D eigenvalue weighted by Crippen LogP contribution is 2.31. The van der Waals surface area contributed by atoms with Crippen LogP contribution in [0.1, 0.15) is 16.7 Å². The van der Waals surface area contributed by atoms with Gasteiger partial charge < -0.3 is 11.8 Å². The maximum absolute atomic E-state index is 14.4. The van der Waals surface area contributed by atoms with Crippen molar-refractivity contribution in [2.45, 2.75) is 0 Å². The Morgan fingerprint density at radius 2 is 0.281 bits per heavy atom. The molecule has 9 aromatic carbocycles. The quantitative estimate of drug-likeness (QED) is 0.0353. The molecule has 0 spiro atoms. The van der Waals surface area contributed by atoms with Gasteiger partial charge in [-0.3, -0.25) is 0 Å². The Labute approximate surface area is 477 Å². The molecule has 0 unspecified atom stereocenters. The monoisotopic (exact) mass is 1290 g/mol. The van der Waals surface area contributed by atoms with Gasteiger partial charge in [-0.1, -0.05) is 18.2 Å². The van der Waals surface area contributed by atoms with Gasteiger partial charge in [0.2, 0.25) is 0 Å². The van der Waals surface area contributed by atoms with Crippen molar-refractivity contribution in [2.24, 2.45) is 0 Å². The molecule has 1 nitrogen and oxygen atoms in total. The minimum atomic E-state index is -3.96. The standard InChI is InChI=1S/C19H15.2C18BF15.CN/c1-4-10-16(11-5-1)19(17-12-6-2-7-13-17)18-14-8-3-9-15-18;2*20-4-1(5(21)11(27)16(32)10(4)26)19(2-6(22)12(28)17(33)13(29)7(2)23)3-8(24)14(30)18(34)15(31)9(3)25;1-2/h1-15H;;;/q+1;;;-1. The van der Waals surface area contributed by atoms with Gasteiger partial charge in [0.15, 0.2) is 175 Å². The second-order valence-electron chi connectivity index (χ2n) is 17.2. The summed E-state index contributed by atoms with van der Waals surface area (Å²) in [5, 5.41) is 6.25. The molecular formula is C56H15B2F30N. The van der Waals surface area contributed by atoms with Crippen molar-refractivity contribution < 1.29 is 132 Å². The van der Waals surface area contributed by atoms with E-state index in [1.54, 1.807) is 0 Å². The molecule has 0 bridgehead atoms. The van der Waals surface area contributed by atoms with E-state index in [4.69, 9.17) is 11.8 Å². The number of hydrogen-bond donors (Lipinski definition) is 0. The first-order valence-corrected chi connectivity index (χ1v) is 23.1. The summed E-state index contributed by atoms with van der Waals surface area (Å²) >= 11 is 0. The molecular weight excluding hydrogens is 1280 g/mol. The summed E-state index contributed by atoms with van der Waals surface area (Å²) in [5.41, 5.74) is -12.3. The van der Waals surface area contributed by atoms with Crippen molar-refractivity contribution >= 4 is 46.2 Å². The van der Waals surface area contributed by atoms with Gasteiger partial charge in [-0.2, -0.15) is 0 Å². The van der Waals surface area contributed by atoms with Crippen LogP contribution in [0.15, 0.2) is 91.0 Å². The molecule has 0 aromatic heterocycles. The number of rotatable bonds is 9. The van der Waals surface area contributed by atoms with E-state index in [0.29, 0.717) is 0 Å². The van der Waals surface area contributed by atoms with Crippen molar-refractivity contribution in [1.29, 1.82) is 5.26 Å². The molecule has 9 rings (SSSR count). The zero-order chi connectivity index (χ0) is 66.9. The predicted octanol–water partition coefficient (Wildman–Crippen LogP) is 13.4. The summed E-state index contributed by atoms with van der Waals surface area (Å²) < 4.78 is 417. The van der Waals surface area contributed by atoms with Gasteiger partial charge in [0.1, 0.15) is 0 Å². The van der Waals surface area contributed by atoms with E-state index >= 15 is 0 Å². The molecule has 0 aliphatic carbocycles. The molecule has 89 heavy (non-hydrogen) atoms. The van der Waals surface area contributed by atoms with Crippen LogP contribution in [-0.2, 0) is 0 Å². The van der Waals surface area contributed by atoms with E-state index in [2.05, 4.69) is 91.0 Å². The Bertz CT molecular complexity index is 3440. The van der Waals surface area contributed by atoms with Crippen LogP contribution < -0.4 is 32.8 Å². The molecule has 0 saturated carbocycles. The Balaban J connectivity index is 0.000000218. The largest absolute Gasteiger partial charge is 0.512 e. The lowest BCUT2D eigenvalue weighted by molar-refractivity contribution is 0.380. The van der Waals surface area contributed by atoms with Crippen LogP contribution >= 0.6 is 0 Å². The number of halogens is 30. The van der Waals surface area contributed by atoms with Crippen LogP contribution in [0.25, 0.3) is 0 Å². The number of hydrogen-bond acceptors (Lipinski definition) is 1. The SMILES string of the molecule is Fc1c(F)c(F)c(B(c2c(F)c(F)c(F)c(F)c2F)c2c(F)c(F)c(F)c(F)c2F)c(F)c1F.Fc1c(F)c(F)c(B(c2c(F)c(F)c(F)c(F)c2F)c2c(F)c(F)c(F)c(F)c2F)c(F)c1F.[C-]#N.c1ccc([C+](c2ccccc2)c2ccccc2)cc1. The second-order valence-corrected chi connectivity index (χ2v) is 17.2. The van der Waals surface area contributed by atoms with Gasteiger partial charge in [-0.05, 0) is 72.8 Å². The zero-order valence-corrected chi connectivity index (χ0v) is 42.1. The fraction of sp³-hybridized carbons (Fsp3) is 0. The summed E-state index contributed by atoms with van der Waals surface area (Å²) in [6.45, 7) is -3.17. The minimum absolute atomic E-state index is 1.25. The van der Waals surface area contributed by atoms with Gasteiger partial charge >= 0.3 is 0 Å². The van der Waals surface area contributed by atoms with E-state index in [-0.39, 0.29) is 0 Å². The lowest BCUT2D eigenvalue weighted by atomic mass is 9.36. The fourth-order valence-electron chi connectivity index (χ4n) is 8.43. The molecule has 0 amide bonds. The highest BCUT2D eigenvalue weighted by molar-refractivity contribution is 6.96. The highest BCUT2D eigenvalue weighted by Gasteiger charge is 2.47. The van der Waals surface area contributed by atoms with Crippen molar-refractivity contribution in [3.05, 3.63) is 295 Å². The molecule has 0 atom stereocenters. The molecule has 0 aliphatic heterocycles. The number of benzene rings is 9. The van der Waals surface area contributed by atoms with Gasteiger partial charge in [0.05, 0.1) is 22.6 Å². The Hall–Kier alpha value is -9.63. The summed E-state index contributed by atoms with van der Waals surface area (Å²) in [5.74, 6) is -89.2. The Morgan fingerprint density at radius 1 is 0.180 bits per heavy atom. The molecule has 0 aliphatic rings. The van der Waals surface area contributed by atoms with Gasteiger partial charge in [-0.25, -0.2) is 132 Å². The van der Waals surface area contributed by atoms with E-state index in [0.717, 1.165) is 0 Å². The van der Waals surface area contributed by atoms with Crippen molar-refractivity contribution in [2.75, 3.05) is 0 Å². The maximum Gasteiger partial charge on any atom is 0.265 e. The van der Waals surface area contributed by atoms with Gasteiger partial charge in [-0.15, -0.1) is 0 Å². The first kappa shape index (κ1) is 68.5. The van der Waals surface area contributed by atoms with Crippen LogP contribution in [0.5, 0.6) is 0 Å². The molecule has 9 aromatic rings.